The van der Waals surface area contributed by atoms with Crippen LogP contribution < -0.4 is 0 Å². The quantitative estimate of drug-likeness (QED) is 0.557. The van der Waals surface area contributed by atoms with Gasteiger partial charge in [0.1, 0.15) is 0 Å². The molecule has 1 heteroatoms. The summed E-state index contributed by atoms with van der Waals surface area (Å²) in [5, 5.41) is 0. The van der Waals surface area contributed by atoms with Gasteiger partial charge in [0.25, 0.3) is 0 Å². The molecule has 1 aliphatic carbocycles. The standard InChI is InChI=1S/C13H24S/c1-2-6-10-13(9-5-1)11-7-3-4-8-12-14-13/h1-12H2. The molecule has 1 saturated heterocycles. The van der Waals surface area contributed by atoms with Crippen LogP contribution in [0, 0.1) is 0 Å². The Labute approximate surface area is 93.2 Å². The van der Waals surface area contributed by atoms with Gasteiger partial charge in [-0.2, -0.15) is 11.8 Å². The predicted octanol–water partition coefficient (Wildman–Crippen LogP) is 4.78. The largest absolute Gasteiger partial charge is 0.155 e. The Hall–Kier alpha value is 0.350. The monoisotopic (exact) mass is 212 g/mol. The Morgan fingerprint density at radius 3 is 1.64 bits per heavy atom. The minimum Gasteiger partial charge on any atom is -0.155 e. The Kier molecular flexibility index (Phi) is 4.22. The van der Waals surface area contributed by atoms with E-state index >= 15 is 0 Å². The summed E-state index contributed by atoms with van der Waals surface area (Å²) in [5.41, 5.74) is 0. The molecule has 0 nitrogen and oxygen atoms in total. The second kappa shape index (κ2) is 5.44. The van der Waals surface area contributed by atoms with Crippen molar-refractivity contribution < 1.29 is 0 Å². The van der Waals surface area contributed by atoms with E-state index in [4.69, 9.17) is 0 Å². The van der Waals surface area contributed by atoms with Crippen LogP contribution in [0.15, 0.2) is 0 Å². The van der Waals surface area contributed by atoms with Crippen molar-refractivity contribution in [2.45, 2.75) is 75.4 Å². The van der Waals surface area contributed by atoms with E-state index in [2.05, 4.69) is 11.8 Å². The minimum atomic E-state index is 0.733. The maximum absolute atomic E-state index is 2.33. The molecule has 1 heterocycles. The van der Waals surface area contributed by atoms with E-state index in [1.54, 1.807) is 0 Å². The van der Waals surface area contributed by atoms with E-state index in [0.29, 0.717) is 0 Å². The predicted molar refractivity (Wildman–Crippen MR) is 66.0 cm³/mol. The summed E-state index contributed by atoms with van der Waals surface area (Å²) in [7, 11) is 0. The van der Waals surface area contributed by atoms with Gasteiger partial charge in [-0.25, -0.2) is 0 Å². The first-order chi connectivity index (χ1) is 6.91. The molecule has 0 atom stereocenters. The zero-order valence-corrected chi connectivity index (χ0v) is 10.2. The van der Waals surface area contributed by atoms with Crippen LogP contribution in [0.4, 0.5) is 0 Å². The molecule has 2 rings (SSSR count). The topological polar surface area (TPSA) is 0 Å². The molecule has 14 heavy (non-hydrogen) atoms. The molecule has 0 radical (unpaired) electrons. The summed E-state index contributed by atoms with van der Waals surface area (Å²) < 4.78 is 0.733. The molecule has 0 unspecified atom stereocenters. The zero-order chi connectivity index (χ0) is 9.69. The highest BCUT2D eigenvalue weighted by Crippen LogP contribution is 2.44. The normalized spacial score (nSPS) is 29.1. The van der Waals surface area contributed by atoms with Crippen molar-refractivity contribution >= 4 is 11.8 Å². The lowest BCUT2D eigenvalue weighted by Gasteiger charge is -2.34. The lowest BCUT2D eigenvalue weighted by molar-refractivity contribution is 0.443. The third-order valence-electron chi connectivity index (χ3n) is 3.95. The fourth-order valence-electron chi connectivity index (χ4n) is 3.03. The minimum absolute atomic E-state index is 0.733. The molecule has 0 aromatic heterocycles. The second-order valence-corrected chi connectivity index (χ2v) is 6.67. The van der Waals surface area contributed by atoms with Gasteiger partial charge < -0.3 is 0 Å². The number of rotatable bonds is 0. The highest BCUT2D eigenvalue weighted by atomic mass is 32.2. The molecule has 0 aromatic rings. The van der Waals surface area contributed by atoms with Crippen molar-refractivity contribution in [2.24, 2.45) is 0 Å². The smallest absolute Gasteiger partial charge is 0.0160 e. The van der Waals surface area contributed by atoms with Crippen LogP contribution in [-0.4, -0.2) is 10.5 Å². The third kappa shape index (κ3) is 2.92. The lowest BCUT2D eigenvalue weighted by Crippen LogP contribution is -2.25. The summed E-state index contributed by atoms with van der Waals surface area (Å²) >= 11 is 2.33. The van der Waals surface area contributed by atoms with Crippen LogP contribution in [-0.2, 0) is 0 Å². The van der Waals surface area contributed by atoms with Gasteiger partial charge in [0, 0.05) is 4.75 Å². The first-order valence-electron chi connectivity index (χ1n) is 6.55. The summed E-state index contributed by atoms with van der Waals surface area (Å²) in [6.45, 7) is 0. The number of hydrogen-bond donors (Lipinski definition) is 0. The van der Waals surface area contributed by atoms with E-state index in [1.807, 2.05) is 0 Å². The molecule has 0 N–H and O–H groups in total. The average Bonchev–Trinajstić information content (AvgIpc) is 2.38. The van der Waals surface area contributed by atoms with Gasteiger partial charge in [-0.1, -0.05) is 44.9 Å². The van der Waals surface area contributed by atoms with Crippen molar-refractivity contribution in [1.82, 2.24) is 0 Å². The molecule has 82 valence electrons. The molecular formula is C13H24S. The summed E-state index contributed by atoms with van der Waals surface area (Å²) in [4.78, 5) is 0. The SMILES string of the molecule is C1CCCC2(CCCCCC2)SCC1. The number of hydrogen-bond acceptors (Lipinski definition) is 1. The molecule has 2 aliphatic rings. The van der Waals surface area contributed by atoms with Gasteiger partial charge in [0.05, 0.1) is 0 Å². The molecule has 1 spiro atoms. The average molecular weight is 212 g/mol. The van der Waals surface area contributed by atoms with Crippen LogP contribution in [0.1, 0.15) is 70.6 Å². The Morgan fingerprint density at radius 1 is 0.571 bits per heavy atom. The summed E-state index contributed by atoms with van der Waals surface area (Å²) in [5.74, 6) is 1.44. The maximum atomic E-state index is 2.33. The van der Waals surface area contributed by atoms with E-state index in [-0.39, 0.29) is 0 Å². The van der Waals surface area contributed by atoms with Crippen LogP contribution in [0.5, 0.6) is 0 Å². The highest BCUT2D eigenvalue weighted by Gasteiger charge is 2.31. The van der Waals surface area contributed by atoms with Gasteiger partial charge in [0.15, 0.2) is 0 Å². The number of thioether (sulfide) groups is 1. The van der Waals surface area contributed by atoms with E-state index in [9.17, 15) is 0 Å². The van der Waals surface area contributed by atoms with Crippen molar-refractivity contribution in [3.05, 3.63) is 0 Å². The fourth-order valence-corrected chi connectivity index (χ4v) is 4.68. The maximum Gasteiger partial charge on any atom is 0.0160 e. The van der Waals surface area contributed by atoms with Gasteiger partial charge in [-0.05, 0) is 31.4 Å². The molecule has 0 aromatic carbocycles. The third-order valence-corrected chi connectivity index (χ3v) is 5.67. The zero-order valence-electron chi connectivity index (χ0n) is 9.39. The second-order valence-electron chi connectivity index (χ2n) is 5.11. The molecule has 1 aliphatic heterocycles. The van der Waals surface area contributed by atoms with Crippen LogP contribution in [0.2, 0.25) is 0 Å². The molecule has 1 saturated carbocycles. The Balaban J connectivity index is 1.94. The lowest BCUT2D eigenvalue weighted by atomic mass is 9.92. The van der Waals surface area contributed by atoms with Crippen molar-refractivity contribution in [3.63, 3.8) is 0 Å². The van der Waals surface area contributed by atoms with E-state index in [1.165, 1.54) is 76.4 Å². The van der Waals surface area contributed by atoms with Crippen LogP contribution >= 0.6 is 11.8 Å². The first-order valence-corrected chi connectivity index (χ1v) is 7.54. The fraction of sp³-hybridized carbons (Fsp3) is 1.00. The van der Waals surface area contributed by atoms with Crippen molar-refractivity contribution in [3.8, 4) is 0 Å². The van der Waals surface area contributed by atoms with E-state index < -0.39 is 0 Å². The first kappa shape index (κ1) is 10.9. The van der Waals surface area contributed by atoms with Crippen LogP contribution in [0.25, 0.3) is 0 Å². The molecular weight excluding hydrogens is 188 g/mol. The molecule has 0 amide bonds. The Bertz CT molecular complexity index is 147. The van der Waals surface area contributed by atoms with Crippen molar-refractivity contribution in [1.29, 1.82) is 0 Å². The van der Waals surface area contributed by atoms with E-state index in [0.717, 1.165) is 4.75 Å². The highest BCUT2D eigenvalue weighted by molar-refractivity contribution is 8.00. The van der Waals surface area contributed by atoms with Gasteiger partial charge in [-0.15, -0.1) is 0 Å². The summed E-state index contributed by atoms with van der Waals surface area (Å²) in [6.07, 6.45) is 16.6. The van der Waals surface area contributed by atoms with Crippen LogP contribution in [0.3, 0.4) is 0 Å². The van der Waals surface area contributed by atoms with Crippen molar-refractivity contribution in [2.75, 3.05) is 5.75 Å². The molecule has 2 fully saturated rings. The van der Waals surface area contributed by atoms with Gasteiger partial charge >= 0.3 is 0 Å². The van der Waals surface area contributed by atoms with Gasteiger partial charge in [0.2, 0.25) is 0 Å². The Morgan fingerprint density at radius 2 is 1.07 bits per heavy atom. The summed E-state index contributed by atoms with van der Waals surface area (Å²) in [6, 6.07) is 0. The molecule has 0 bridgehead atoms. The van der Waals surface area contributed by atoms with Gasteiger partial charge in [-0.3, -0.25) is 0 Å².